The summed E-state index contributed by atoms with van der Waals surface area (Å²) in [6, 6.07) is 8.90. The zero-order chi connectivity index (χ0) is 19.9. The third kappa shape index (κ3) is 4.23. The van der Waals surface area contributed by atoms with E-state index in [2.05, 4.69) is 37.2 Å². The molecular formula is C19H17Br2F3N2OS. The largest absolute Gasteiger partial charge is 0.417 e. The van der Waals surface area contributed by atoms with Gasteiger partial charge in [-0.15, -0.1) is 0 Å². The highest BCUT2D eigenvalue weighted by Gasteiger charge is 2.36. The molecule has 2 aromatic carbocycles. The fourth-order valence-corrected chi connectivity index (χ4v) is 5.81. The summed E-state index contributed by atoms with van der Waals surface area (Å²) >= 11 is 8.07. The van der Waals surface area contributed by atoms with Gasteiger partial charge in [0.2, 0.25) is 0 Å². The van der Waals surface area contributed by atoms with E-state index in [1.807, 2.05) is 23.1 Å². The van der Waals surface area contributed by atoms with E-state index in [1.54, 1.807) is 6.07 Å². The number of anilines is 2. The minimum atomic E-state index is -4.41. The normalized spacial score (nSPS) is 19.3. The van der Waals surface area contributed by atoms with Crippen LogP contribution in [0.3, 0.4) is 0 Å². The first-order valence-corrected chi connectivity index (χ1v) is 11.2. The van der Waals surface area contributed by atoms with E-state index in [1.165, 1.54) is 17.8 Å². The van der Waals surface area contributed by atoms with Crippen LogP contribution in [0.2, 0.25) is 0 Å². The van der Waals surface area contributed by atoms with Gasteiger partial charge in [-0.2, -0.15) is 13.2 Å². The molecule has 0 spiro atoms. The van der Waals surface area contributed by atoms with Crippen molar-refractivity contribution in [3.05, 3.63) is 44.8 Å². The quantitative estimate of drug-likeness (QED) is 0.503. The number of fused-ring (bicyclic) bond motifs is 2. The first kappa shape index (κ1) is 20.5. The molecule has 3 nitrogen and oxygen atoms in total. The summed E-state index contributed by atoms with van der Waals surface area (Å²) in [5.41, 5.74) is 0.858. The summed E-state index contributed by atoms with van der Waals surface area (Å²) in [4.78, 5) is 3.81. The van der Waals surface area contributed by atoms with Crippen LogP contribution in [-0.4, -0.2) is 32.3 Å². The van der Waals surface area contributed by atoms with Crippen molar-refractivity contribution in [2.24, 2.45) is 0 Å². The lowest BCUT2D eigenvalue weighted by Crippen LogP contribution is -2.43. The van der Waals surface area contributed by atoms with Gasteiger partial charge in [0.15, 0.2) is 0 Å². The predicted octanol–water partition coefficient (Wildman–Crippen LogP) is 6.21. The molecule has 0 bridgehead atoms. The van der Waals surface area contributed by atoms with Crippen molar-refractivity contribution in [2.75, 3.05) is 31.2 Å². The van der Waals surface area contributed by atoms with Gasteiger partial charge in [0, 0.05) is 37.9 Å². The van der Waals surface area contributed by atoms with Crippen molar-refractivity contribution >= 4 is 55.0 Å². The summed E-state index contributed by atoms with van der Waals surface area (Å²) < 4.78 is 47.0. The molecule has 9 heteroatoms. The van der Waals surface area contributed by atoms with Gasteiger partial charge < -0.3 is 15.0 Å². The highest BCUT2D eigenvalue weighted by atomic mass is 79.9. The van der Waals surface area contributed by atoms with Crippen molar-refractivity contribution in [3.8, 4) is 0 Å². The van der Waals surface area contributed by atoms with Crippen molar-refractivity contribution in [3.63, 3.8) is 0 Å². The molecule has 4 rings (SSSR count). The summed E-state index contributed by atoms with van der Waals surface area (Å²) in [6.45, 7) is 2.71. The Kier molecular flexibility index (Phi) is 6.00. The van der Waals surface area contributed by atoms with Gasteiger partial charge in [-0.1, -0.05) is 43.6 Å². The van der Waals surface area contributed by atoms with Crippen LogP contribution >= 0.6 is 43.6 Å². The van der Waals surface area contributed by atoms with Crippen LogP contribution in [0.5, 0.6) is 0 Å². The minimum Gasteiger partial charge on any atom is -0.379 e. The fraction of sp³-hybridized carbons (Fsp3) is 0.368. The fourth-order valence-electron chi connectivity index (χ4n) is 3.43. The van der Waals surface area contributed by atoms with Crippen molar-refractivity contribution < 1.29 is 17.9 Å². The molecular weight excluding hydrogens is 521 g/mol. The smallest absolute Gasteiger partial charge is 0.379 e. The molecule has 1 unspecified atom stereocenters. The third-order valence-electron chi connectivity index (χ3n) is 4.78. The standard InChI is InChI=1S/C19H17Br2F3N2OS/c20-11-1-2-15-17(7-11)28-18-9-14(21)13(19(22,23)24)8-16(18)26(15)5-3-12-10-27-6-4-25-12/h1-2,7-9,12,25H,3-6,10H2. The molecule has 0 radical (unpaired) electrons. The number of halogens is 5. The topological polar surface area (TPSA) is 24.5 Å². The molecule has 0 aromatic heterocycles. The van der Waals surface area contributed by atoms with Crippen molar-refractivity contribution in [1.29, 1.82) is 0 Å². The Labute approximate surface area is 182 Å². The molecule has 0 saturated carbocycles. The van der Waals surface area contributed by atoms with E-state index < -0.39 is 11.7 Å². The maximum atomic E-state index is 13.5. The lowest BCUT2D eigenvalue weighted by atomic mass is 10.1. The SMILES string of the molecule is FC(F)(F)c1cc2c(cc1Br)Sc1cc(Br)ccc1N2CCC1COCCN1. The van der Waals surface area contributed by atoms with Crippen molar-refractivity contribution in [2.45, 2.75) is 28.4 Å². The van der Waals surface area contributed by atoms with Gasteiger partial charge in [-0.05, 0) is 36.8 Å². The second kappa shape index (κ2) is 8.18. The van der Waals surface area contributed by atoms with E-state index in [0.29, 0.717) is 25.4 Å². The number of benzene rings is 2. The second-order valence-corrected chi connectivity index (χ2v) is 9.53. The van der Waals surface area contributed by atoms with Crippen LogP contribution in [0.4, 0.5) is 24.5 Å². The molecule has 1 saturated heterocycles. The van der Waals surface area contributed by atoms with Crippen LogP contribution in [0.1, 0.15) is 12.0 Å². The first-order valence-electron chi connectivity index (χ1n) is 8.80. The van der Waals surface area contributed by atoms with Crippen LogP contribution in [0.15, 0.2) is 49.1 Å². The van der Waals surface area contributed by atoms with Crippen LogP contribution in [-0.2, 0) is 10.9 Å². The average molecular weight is 538 g/mol. The van der Waals surface area contributed by atoms with E-state index in [4.69, 9.17) is 4.74 Å². The molecule has 1 N–H and O–H groups in total. The maximum Gasteiger partial charge on any atom is 0.417 e. The molecule has 1 atom stereocenters. The number of hydrogen-bond donors (Lipinski definition) is 1. The lowest BCUT2D eigenvalue weighted by molar-refractivity contribution is -0.138. The number of nitrogens with one attached hydrogen (secondary N) is 1. The molecule has 2 aliphatic rings. The highest BCUT2D eigenvalue weighted by Crippen LogP contribution is 2.51. The number of alkyl halides is 3. The van der Waals surface area contributed by atoms with Gasteiger partial charge in [-0.3, -0.25) is 0 Å². The highest BCUT2D eigenvalue weighted by molar-refractivity contribution is 9.10. The molecule has 2 aromatic rings. The zero-order valence-corrected chi connectivity index (χ0v) is 18.6. The Balaban J connectivity index is 1.72. The molecule has 0 amide bonds. The Morgan fingerprint density at radius 2 is 1.93 bits per heavy atom. The monoisotopic (exact) mass is 536 g/mol. The van der Waals surface area contributed by atoms with E-state index in [-0.39, 0.29) is 10.5 Å². The summed E-state index contributed by atoms with van der Waals surface area (Å²) in [6.07, 6.45) is -3.64. The number of nitrogens with zero attached hydrogens (tertiary/aromatic N) is 1. The minimum absolute atomic E-state index is 0.0620. The van der Waals surface area contributed by atoms with E-state index in [9.17, 15) is 13.2 Å². The maximum absolute atomic E-state index is 13.5. The number of ether oxygens (including phenoxy) is 1. The van der Waals surface area contributed by atoms with Gasteiger partial charge in [0.1, 0.15) is 0 Å². The molecule has 28 heavy (non-hydrogen) atoms. The summed E-state index contributed by atoms with van der Waals surface area (Å²) in [5.74, 6) is 0. The third-order valence-corrected chi connectivity index (χ3v) is 7.02. The average Bonchev–Trinajstić information content (AvgIpc) is 2.64. The van der Waals surface area contributed by atoms with Crippen LogP contribution in [0, 0.1) is 0 Å². The van der Waals surface area contributed by atoms with Crippen molar-refractivity contribution in [1.82, 2.24) is 5.32 Å². The Morgan fingerprint density at radius 3 is 2.64 bits per heavy atom. The second-order valence-electron chi connectivity index (χ2n) is 6.68. The van der Waals surface area contributed by atoms with Crippen LogP contribution < -0.4 is 10.2 Å². The lowest BCUT2D eigenvalue weighted by Gasteiger charge is -2.35. The Hall–Kier alpha value is -0.740. The molecule has 1 fully saturated rings. The summed E-state index contributed by atoms with van der Waals surface area (Å²) in [5, 5.41) is 3.41. The van der Waals surface area contributed by atoms with Gasteiger partial charge in [0.25, 0.3) is 0 Å². The predicted molar refractivity (Wildman–Crippen MR) is 112 cm³/mol. The molecule has 150 valence electrons. The summed E-state index contributed by atoms with van der Waals surface area (Å²) in [7, 11) is 0. The number of rotatable bonds is 3. The van der Waals surface area contributed by atoms with Gasteiger partial charge in [-0.25, -0.2) is 0 Å². The van der Waals surface area contributed by atoms with Gasteiger partial charge >= 0.3 is 6.18 Å². The molecule has 2 heterocycles. The molecule has 0 aliphatic carbocycles. The number of hydrogen-bond acceptors (Lipinski definition) is 4. The Bertz CT molecular complexity index is 888. The zero-order valence-electron chi connectivity index (χ0n) is 14.7. The Morgan fingerprint density at radius 1 is 1.14 bits per heavy atom. The van der Waals surface area contributed by atoms with Gasteiger partial charge in [0.05, 0.1) is 30.2 Å². The van der Waals surface area contributed by atoms with E-state index in [0.717, 1.165) is 32.9 Å². The molecule has 2 aliphatic heterocycles. The van der Waals surface area contributed by atoms with E-state index >= 15 is 0 Å². The number of morpholine rings is 1. The van der Waals surface area contributed by atoms with Crippen LogP contribution in [0.25, 0.3) is 0 Å². The first-order chi connectivity index (χ1) is 13.3.